The van der Waals surface area contributed by atoms with Crippen molar-refractivity contribution in [1.29, 1.82) is 0 Å². The number of fused-ring (bicyclic) bond motifs is 1. The van der Waals surface area contributed by atoms with Crippen molar-refractivity contribution in [3.63, 3.8) is 0 Å². The Balaban J connectivity index is 1.90. The minimum Gasteiger partial charge on any atom is -0.275 e. The van der Waals surface area contributed by atoms with E-state index >= 15 is 0 Å². The van der Waals surface area contributed by atoms with Gasteiger partial charge in [0.2, 0.25) is 0 Å². The molecule has 0 atom stereocenters. The predicted octanol–water partition coefficient (Wildman–Crippen LogP) is 5.50. The molecule has 22 heavy (non-hydrogen) atoms. The Morgan fingerprint density at radius 3 is 2.64 bits per heavy atom. The third kappa shape index (κ3) is 2.51. The highest BCUT2D eigenvalue weighted by Gasteiger charge is 2.23. The molecule has 2 aromatic carbocycles. The zero-order valence-electron chi connectivity index (χ0n) is 12.3. The minimum absolute atomic E-state index is 0.649. The molecular formula is C18H16Cl2N2. The average molecular weight is 331 g/mol. The summed E-state index contributed by atoms with van der Waals surface area (Å²) in [6.07, 6.45) is 5.97. The lowest BCUT2D eigenvalue weighted by Gasteiger charge is -2.09. The summed E-state index contributed by atoms with van der Waals surface area (Å²) in [5.74, 6) is 0.855. The summed E-state index contributed by atoms with van der Waals surface area (Å²) in [5, 5.41) is 7.21. The Bertz CT molecular complexity index is 863. The van der Waals surface area contributed by atoms with Gasteiger partial charge in [0.05, 0.1) is 0 Å². The van der Waals surface area contributed by atoms with Gasteiger partial charge in [-0.25, -0.2) is 0 Å². The summed E-state index contributed by atoms with van der Waals surface area (Å²) in [4.78, 5) is 0. The molecule has 1 aliphatic carbocycles. The molecule has 0 N–H and O–H groups in total. The normalized spacial score (nSPS) is 14.7. The monoisotopic (exact) mass is 330 g/mol. The molecule has 1 saturated carbocycles. The van der Waals surface area contributed by atoms with Gasteiger partial charge in [-0.3, -0.25) is 4.68 Å². The number of nitrogens with zero attached hydrogens (tertiary/aromatic N) is 2. The number of aryl methyl sites for hydroxylation is 1. The van der Waals surface area contributed by atoms with Gasteiger partial charge in [0, 0.05) is 39.8 Å². The lowest BCUT2D eigenvalue weighted by molar-refractivity contribution is 0.779. The van der Waals surface area contributed by atoms with E-state index in [1.807, 2.05) is 23.9 Å². The van der Waals surface area contributed by atoms with Crippen LogP contribution in [0, 0.1) is 5.92 Å². The molecule has 4 rings (SSSR count). The number of hydrogen-bond donors (Lipinski definition) is 0. The number of halogens is 2. The van der Waals surface area contributed by atoms with Gasteiger partial charge >= 0.3 is 0 Å². The van der Waals surface area contributed by atoms with Crippen LogP contribution in [0.15, 0.2) is 36.5 Å². The second-order valence-corrected chi connectivity index (χ2v) is 6.95. The second-order valence-electron chi connectivity index (χ2n) is 6.11. The maximum Gasteiger partial charge on any atom is 0.100 e. The van der Waals surface area contributed by atoms with Crippen molar-refractivity contribution in [1.82, 2.24) is 9.78 Å². The van der Waals surface area contributed by atoms with Crippen LogP contribution < -0.4 is 0 Å². The Hall–Kier alpha value is -1.51. The van der Waals surface area contributed by atoms with Gasteiger partial charge in [0.25, 0.3) is 0 Å². The van der Waals surface area contributed by atoms with E-state index in [2.05, 4.69) is 23.4 Å². The molecule has 0 saturated heterocycles. The molecule has 1 heterocycles. The van der Waals surface area contributed by atoms with Crippen molar-refractivity contribution < 1.29 is 0 Å². The summed E-state index contributed by atoms with van der Waals surface area (Å²) < 4.78 is 1.88. The van der Waals surface area contributed by atoms with Crippen LogP contribution in [0.5, 0.6) is 0 Å². The molecule has 0 unspecified atom stereocenters. The molecule has 0 radical (unpaired) electrons. The minimum atomic E-state index is 0.649. The average Bonchev–Trinajstić information content (AvgIpc) is 3.19. The Morgan fingerprint density at radius 1 is 1.14 bits per heavy atom. The number of hydrogen-bond acceptors (Lipinski definition) is 1. The number of aromatic nitrogens is 2. The molecule has 0 amide bonds. The van der Waals surface area contributed by atoms with E-state index in [1.165, 1.54) is 23.8 Å². The van der Waals surface area contributed by atoms with Crippen LogP contribution in [0.4, 0.5) is 0 Å². The van der Waals surface area contributed by atoms with Crippen molar-refractivity contribution >= 4 is 34.1 Å². The molecule has 1 aromatic heterocycles. The van der Waals surface area contributed by atoms with Crippen LogP contribution >= 0.6 is 23.2 Å². The fraction of sp³-hybridized carbons (Fsp3) is 0.278. The zero-order chi connectivity index (χ0) is 15.3. The summed E-state index contributed by atoms with van der Waals surface area (Å²) >= 11 is 12.4. The Morgan fingerprint density at radius 2 is 1.91 bits per heavy atom. The van der Waals surface area contributed by atoms with Crippen LogP contribution in [-0.2, 0) is 13.5 Å². The van der Waals surface area contributed by atoms with E-state index in [9.17, 15) is 0 Å². The molecule has 0 spiro atoms. The van der Waals surface area contributed by atoms with Gasteiger partial charge in [-0.15, -0.1) is 0 Å². The van der Waals surface area contributed by atoms with Crippen LogP contribution in [-0.4, -0.2) is 9.78 Å². The summed E-state index contributed by atoms with van der Waals surface area (Å²) in [6.45, 7) is 0. The fourth-order valence-electron chi connectivity index (χ4n) is 3.01. The molecule has 1 aliphatic rings. The van der Waals surface area contributed by atoms with Crippen molar-refractivity contribution in [2.75, 3.05) is 0 Å². The van der Waals surface area contributed by atoms with Gasteiger partial charge < -0.3 is 0 Å². The number of benzene rings is 2. The second kappa shape index (κ2) is 5.29. The van der Waals surface area contributed by atoms with Crippen LogP contribution in [0.1, 0.15) is 18.4 Å². The molecule has 1 fully saturated rings. The lowest BCUT2D eigenvalue weighted by atomic mass is 9.97. The standard InChI is InChI=1S/C18H16Cl2N2/c1-22-10-16-12(8-11-2-3-11)4-6-15(18(16)21-22)14-7-5-13(19)9-17(14)20/h4-7,9-11H,2-3,8H2,1H3. The van der Waals surface area contributed by atoms with Gasteiger partial charge in [0.1, 0.15) is 5.52 Å². The van der Waals surface area contributed by atoms with E-state index < -0.39 is 0 Å². The Kier molecular flexibility index (Phi) is 3.39. The molecule has 112 valence electrons. The lowest BCUT2D eigenvalue weighted by Crippen LogP contribution is -1.90. The van der Waals surface area contributed by atoms with E-state index in [-0.39, 0.29) is 0 Å². The topological polar surface area (TPSA) is 17.8 Å². The van der Waals surface area contributed by atoms with Crippen LogP contribution in [0.3, 0.4) is 0 Å². The maximum atomic E-state index is 6.39. The van der Waals surface area contributed by atoms with E-state index in [1.54, 1.807) is 6.07 Å². The molecule has 0 aliphatic heterocycles. The predicted molar refractivity (Wildman–Crippen MR) is 92.6 cm³/mol. The first kappa shape index (κ1) is 14.1. The van der Waals surface area contributed by atoms with Gasteiger partial charge in [0.15, 0.2) is 0 Å². The maximum absolute atomic E-state index is 6.39. The molecular weight excluding hydrogens is 315 g/mol. The summed E-state index contributed by atoms with van der Waals surface area (Å²) in [5.41, 5.74) is 4.45. The molecule has 2 nitrogen and oxygen atoms in total. The van der Waals surface area contributed by atoms with Gasteiger partial charge in [-0.2, -0.15) is 5.10 Å². The fourth-order valence-corrected chi connectivity index (χ4v) is 3.52. The van der Waals surface area contributed by atoms with E-state index in [0.29, 0.717) is 10.0 Å². The van der Waals surface area contributed by atoms with Crippen molar-refractivity contribution in [3.05, 3.63) is 52.1 Å². The van der Waals surface area contributed by atoms with Crippen molar-refractivity contribution in [2.45, 2.75) is 19.3 Å². The van der Waals surface area contributed by atoms with Crippen LogP contribution in [0.25, 0.3) is 22.0 Å². The third-order valence-electron chi connectivity index (χ3n) is 4.31. The first-order valence-electron chi connectivity index (χ1n) is 7.52. The number of rotatable bonds is 3. The van der Waals surface area contributed by atoms with E-state index in [0.717, 1.165) is 29.0 Å². The molecule has 4 heteroatoms. The third-order valence-corrected chi connectivity index (χ3v) is 4.86. The highest BCUT2D eigenvalue weighted by atomic mass is 35.5. The van der Waals surface area contributed by atoms with Gasteiger partial charge in [-0.1, -0.05) is 41.4 Å². The molecule has 3 aromatic rings. The Labute approximate surface area is 139 Å². The largest absolute Gasteiger partial charge is 0.275 e. The summed E-state index contributed by atoms with van der Waals surface area (Å²) in [7, 11) is 1.97. The highest BCUT2D eigenvalue weighted by molar-refractivity contribution is 6.36. The quantitative estimate of drug-likeness (QED) is 0.620. The zero-order valence-corrected chi connectivity index (χ0v) is 13.8. The van der Waals surface area contributed by atoms with Gasteiger partial charge in [-0.05, 0) is 42.9 Å². The van der Waals surface area contributed by atoms with E-state index in [4.69, 9.17) is 23.2 Å². The first-order chi connectivity index (χ1) is 10.6. The van der Waals surface area contributed by atoms with Crippen molar-refractivity contribution in [2.24, 2.45) is 13.0 Å². The SMILES string of the molecule is Cn1cc2c(CC3CC3)ccc(-c3ccc(Cl)cc3Cl)c2n1. The smallest absolute Gasteiger partial charge is 0.100 e. The summed E-state index contributed by atoms with van der Waals surface area (Å²) in [6, 6.07) is 9.99. The highest BCUT2D eigenvalue weighted by Crippen LogP contribution is 2.38. The molecule has 0 bridgehead atoms. The van der Waals surface area contributed by atoms with Crippen molar-refractivity contribution in [3.8, 4) is 11.1 Å². The van der Waals surface area contributed by atoms with Crippen LogP contribution in [0.2, 0.25) is 10.0 Å². The first-order valence-corrected chi connectivity index (χ1v) is 8.28.